The van der Waals surface area contributed by atoms with Crippen molar-refractivity contribution in [2.75, 3.05) is 19.5 Å². The molecule has 8 heteroatoms. The normalized spacial score (nSPS) is 11.0. The number of nitrogens with zero attached hydrogens (tertiary/aromatic N) is 3. The summed E-state index contributed by atoms with van der Waals surface area (Å²) in [5, 5.41) is 11.5. The number of Topliss-reactive ketones (excluding diaryl/α,β-unsaturated/α-hetero) is 1. The van der Waals surface area contributed by atoms with Crippen molar-refractivity contribution in [3.8, 4) is 16.9 Å². The van der Waals surface area contributed by atoms with Gasteiger partial charge in [0.05, 0.1) is 11.5 Å². The molecule has 0 bridgehead atoms. The highest BCUT2D eigenvalue weighted by Crippen LogP contribution is 2.30. The van der Waals surface area contributed by atoms with Crippen LogP contribution < -0.4 is 4.74 Å². The fourth-order valence-electron chi connectivity index (χ4n) is 3.49. The Bertz CT molecular complexity index is 1180. The minimum atomic E-state index is 0.197. The maximum atomic E-state index is 12.2. The first-order chi connectivity index (χ1) is 16.8. The van der Waals surface area contributed by atoms with Gasteiger partial charge in [0.25, 0.3) is 0 Å². The predicted molar refractivity (Wildman–Crippen MR) is 137 cm³/mol. The number of thiophene rings is 1. The van der Waals surface area contributed by atoms with Gasteiger partial charge in [-0.3, -0.25) is 4.79 Å². The van der Waals surface area contributed by atoms with E-state index in [0.29, 0.717) is 26.2 Å². The minimum Gasteiger partial charge on any atom is -0.485 e. The van der Waals surface area contributed by atoms with Gasteiger partial charge in [-0.25, -0.2) is 0 Å². The summed E-state index contributed by atoms with van der Waals surface area (Å²) in [4.78, 5) is 13.0. The van der Waals surface area contributed by atoms with Crippen molar-refractivity contribution in [1.82, 2.24) is 14.8 Å². The maximum absolute atomic E-state index is 12.2. The number of hydrogen-bond acceptors (Lipinski definition) is 7. The van der Waals surface area contributed by atoms with Crippen LogP contribution in [0.4, 0.5) is 0 Å². The maximum Gasteiger partial charge on any atom is 0.191 e. The smallest absolute Gasteiger partial charge is 0.191 e. The molecule has 0 saturated carbocycles. The summed E-state index contributed by atoms with van der Waals surface area (Å²) < 4.78 is 13.5. The quantitative estimate of drug-likeness (QED) is 0.130. The van der Waals surface area contributed by atoms with Crippen LogP contribution in [0.3, 0.4) is 0 Å². The first-order valence-electron chi connectivity index (χ1n) is 11.1. The van der Waals surface area contributed by atoms with Crippen molar-refractivity contribution >= 4 is 28.9 Å². The largest absolute Gasteiger partial charge is 0.485 e. The van der Waals surface area contributed by atoms with Crippen LogP contribution in [0, 0.1) is 0 Å². The third-order valence-corrected chi connectivity index (χ3v) is 7.18. The monoisotopic (exact) mass is 493 g/mol. The SMILES string of the molecule is COCCn1c(COc2ccccc2-c2ccccc2)nnc1SCCCC(=O)c1cccs1. The van der Waals surface area contributed by atoms with E-state index in [1.165, 1.54) is 11.3 Å². The van der Waals surface area contributed by atoms with Crippen LogP contribution in [0.5, 0.6) is 5.75 Å². The molecular formula is C26H27N3O3S2. The number of carbonyl (C=O) groups is 1. The van der Waals surface area contributed by atoms with Crippen molar-refractivity contribution in [2.24, 2.45) is 0 Å². The molecule has 0 N–H and O–H groups in total. The number of para-hydroxylation sites is 1. The molecule has 0 amide bonds. The number of hydrogen-bond donors (Lipinski definition) is 0. The first-order valence-corrected chi connectivity index (χ1v) is 13.0. The average molecular weight is 494 g/mol. The van der Waals surface area contributed by atoms with Gasteiger partial charge in [-0.15, -0.1) is 21.5 Å². The summed E-state index contributed by atoms with van der Waals surface area (Å²) in [5.41, 5.74) is 2.14. The van der Waals surface area contributed by atoms with Crippen molar-refractivity contribution in [3.63, 3.8) is 0 Å². The van der Waals surface area contributed by atoms with Crippen molar-refractivity contribution in [2.45, 2.75) is 31.1 Å². The summed E-state index contributed by atoms with van der Waals surface area (Å²) in [7, 11) is 1.68. The zero-order chi connectivity index (χ0) is 23.6. The molecule has 176 valence electrons. The fourth-order valence-corrected chi connectivity index (χ4v) is 5.10. The molecule has 2 aromatic carbocycles. The molecular weight excluding hydrogens is 466 g/mol. The topological polar surface area (TPSA) is 66.2 Å². The van der Waals surface area contributed by atoms with Crippen LogP contribution in [-0.4, -0.2) is 40.0 Å². The van der Waals surface area contributed by atoms with Gasteiger partial charge in [-0.1, -0.05) is 66.4 Å². The van der Waals surface area contributed by atoms with Crippen LogP contribution >= 0.6 is 23.1 Å². The van der Waals surface area contributed by atoms with Gasteiger partial charge >= 0.3 is 0 Å². The Morgan fingerprint density at radius 1 is 1.03 bits per heavy atom. The van der Waals surface area contributed by atoms with Gasteiger partial charge in [-0.05, 0) is 29.5 Å². The van der Waals surface area contributed by atoms with Crippen molar-refractivity contribution in [1.29, 1.82) is 0 Å². The van der Waals surface area contributed by atoms with Gasteiger partial charge in [0.15, 0.2) is 16.8 Å². The van der Waals surface area contributed by atoms with E-state index in [0.717, 1.165) is 44.9 Å². The molecule has 4 aromatic rings. The molecule has 0 radical (unpaired) electrons. The van der Waals surface area contributed by atoms with Crippen LogP contribution in [0.1, 0.15) is 28.3 Å². The Morgan fingerprint density at radius 3 is 2.65 bits per heavy atom. The number of ketones is 1. The van der Waals surface area contributed by atoms with Crippen molar-refractivity contribution < 1.29 is 14.3 Å². The minimum absolute atomic E-state index is 0.197. The van der Waals surface area contributed by atoms with E-state index in [2.05, 4.69) is 28.4 Å². The Labute approximate surface area is 208 Å². The van der Waals surface area contributed by atoms with Crippen LogP contribution in [0.2, 0.25) is 0 Å². The van der Waals surface area contributed by atoms with E-state index < -0.39 is 0 Å². The molecule has 0 atom stereocenters. The van der Waals surface area contributed by atoms with Gasteiger partial charge in [-0.2, -0.15) is 0 Å². The molecule has 2 aromatic heterocycles. The van der Waals surface area contributed by atoms with E-state index >= 15 is 0 Å². The summed E-state index contributed by atoms with van der Waals surface area (Å²) in [6, 6.07) is 22.0. The van der Waals surface area contributed by atoms with Crippen LogP contribution in [0.15, 0.2) is 77.3 Å². The standard InChI is InChI=1S/C26H27N3O3S2/c1-31-16-15-29-25(19-32-23-13-6-5-11-21(23)20-9-3-2-4-10-20)27-28-26(29)34-18-7-12-22(30)24-14-8-17-33-24/h2-6,8-11,13-14,17H,7,12,15-16,18-19H2,1H3. The molecule has 0 fully saturated rings. The zero-order valence-corrected chi connectivity index (χ0v) is 20.7. The van der Waals surface area contributed by atoms with Gasteiger partial charge < -0.3 is 14.0 Å². The molecule has 0 aliphatic carbocycles. The lowest BCUT2D eigenvalue weighted by atomic mass is 10.1. The fraction of sp³-hybridized carbons (Fsp3) is 0.269. The second kappa shape index (κ2) is 12.5. The third kappa shape index (κ3) is 6.34. The second-order valence-electron chi connectivity index (χ2n) is 7.55. The molecule has 0 aliphatic heterocycles. The number of ether oxygens (including phenoxy) is 2. The van der Waals surface area contributed by atoms with E-state index in [-0.39, 0.29) is 5.78 Å². The Morgan fingerprint density at radius 2 is 1.85 bits per heavy atom. The highest BCUT2D eigenvalue weighted by Gasteiger charge is 2.15. The molecule has 34 heavy (non-hydrogen) atoms. The number of methoxy groups -OCH3 is 1. The predicted octanol–water partition coefficient (Wildman–Crippen LogP) is 5.99. The Kier molecular flexibility index (Phi) is 8.90. The lowest BCUT2D eigenvalue weighted by Crippen LogP contribution is -2.12. The first kappa shape index (κ1) is 24.2. The number of aromatic nitrogens is 3. The second-order valence-corrected chi connectivity index (χ2v) is 9.56. The van der Waals surface area contributed by atoms with Crippen LogP contribution in [0.25, 0.3) is 11.1 Å². The molecule has 0 unspecified atom stereocenters. The summed E-state index contributed by atoms with van der Waals surface area (Å²) in [5.74, 6) is 2.54. The molecule has 0 saturated heterocycles. The summed E-state index contributed by atoms with van der Waals surface area (Å²) in [6.07, 6.45) is 1.32. The third-order valence-electron chi connectivity index (χ3n) is 5.22. The van der Waals surface area contributed by atoms with Gasteiger partial charge in [0.1, 0.15) is 12.4 Å². The lowest BCUT2D eigenvalue weighted by molar-refractivity contribution is 0.0986. The van der Waals surface area contributed by atoms with Crippen molar-refractivity contribution in [3.05, 3.63) is 82.8 Å². The highest BCUT2D eigenvalue weighted by atomic mass is 32.2. The Balaban J connectivity index is 1.39. The summed E-state index contributed by atoms with van der Waals surface area (Å²) >= 11 is 3.10. The summed E-state index contributed by atoms with van der Waals surface area (Å²) in [6.45, 7) is 1.49. The van der Waals surface area contributed by atoms with E-state index in [9.17, 15) is 4.79 Å². The molecule has 0 spiro atoms. The number of carbonyl (C=O) groups excluding carboxylic acids is 1. The lowest BCUT2D eigenvalue weighted by Gasteiger charge is -2.13. The van der Waals surface area contributed by atoms with Crippen LogP contribution in [-0.2, 0) is 17.9 Å². The van der Waals surface area contributed by atoms with E-state index in [1.54, 1.807) is 18.9 Å². The highest BCUT2D eigenvalue weighted by molar-refractivity contribution is 7.99. The van der Waals surface area contributed by atoms with Gasteiger partial charge in [0.2, 0.25) is 0 Å². The number of benzene rings is 2. The number of rotatable bonds is 13. The van der Waals surface area contributed by atoms with Gasteiger partial charge in [0, 0.05) is 31.4 Å². The Hall–Kier alpha value is -2.94. The number of thioether (sulfide) groups is 1. The molecule has 4 rings (SSSR count). The molecule has 2 heterocycles. The molecule has 6 nitrogen and oxygen atoms in total. The molecule has 0 aliphatic rings. The average Bonchev–Trinajstić information content (AvgIpc) is 3.55. The zero-order valence-electron chi connectivity index (χ0n) is 19.1. The van der Waals surface area contributed by atoms with E-state index in [1.807, 2.05) is 58.5 Å². The van der Waals surface area contributed by atoms with E-state index in [4.69, 9.17) is 9.47 Å².